The van der Waals surface area contributed by atoms with Crippen molar-refractivity contribution in [3.63, 3.8) is 0 Å². The number of aldehydes is 1. The second kappa shape index (κ2) is 5.72. The topological polar surface area (TPSA) is 72.6 Å². The van der Waals surface area contributed by atoms with E-state index in [1.807, 2.05) is 0 Å². The molecule has 80 valence electrons. The summed E-state index contributed by atoms with van der Waals surface area (Å²) in [5, 5.41) is 0. The lowest BCUT2D eigenvalue weighted by Gasteiger charge is -2.19. The molecule has 1 rings (SSSR count). The Morgan fingerprint density at radius 1 is 1.64 bits per heavy atom. The zero-order chi connectivity index (χ0) is 10.4. The number of rotatable bonds is 5. The molecule has 1 saturated heterocycles. The number of carbonyl (C=O) groups excluding carboxylic acids is 2. The van der Waals surface area contributed by atoms with Crippen LogP contribution in [0.4, 0.5) is 0 Å². The molecule has 2 N–H and O–H groups in total. The first-order valence-corrected chi connectivity index (χ1v) is 4.82. The van der Waals surface area contributed by atoms with Gasteiger partial charge in [0.25, 0.3) is 0 Å². The van der Waals surface area contributed by atoms with Crippen LogP contribution in [0.25, 0.3) is 0 Å². The normalized spacial score (nSPS) is 21.2. The predicted octanol–water partition coefficient (Wildman–Crippen LogP) is -0.848. The Kier molecular flexibility index (Phi) is 4.55. The van der Waals surface area contributed by atoms with E-state index >= 15 is 0 Å². The minimum atomic E-state index is -0.246. The number of amides is 1. The molecule has 14 heavy (non-hydrogen) atoms. The van der Waals surface area contributed by atoms with Gasteiger partial charge in [-0.3, -0.25) is 4.79 Å². The van der Waals surface area contributed by atoms with E-state index in [0.29, 0.717) is 19.7 Å². The summed E-state index contributed by atoms with van der Waals surface area (Å²) in [5.74, 6) is -0.118. The first kappa shape index (κ1) is 11.1. The van der Waals surface area contributed by atoms with E-state index < -0.39 is 0 Å². The highest BCUT2D eigenvalue weighted by molar-refractivity contribution is 5.81. The third kappa shape index (κ3) is 2.78. The van der Waals surface area contributed by atoms with Crippen molar-refractivity contribution in [1.29, 1.82) is 0 Å². The van der Waals surface area contributed by atoms with Gasteiger partial charge < -0.3 is 20.2 Å². The fourth-order valence-electron chi connectivity index (χ4n) is 1.57. The number of hydrogen-bond acceptors (Lipinski definition) is 4. The van der Waals surface area contributed by atoms with Crippen LogP contribution in [0, 0.1) is 0 Å². The van der Waals surface area contributed by atoms with Crippen molar-refractivity contribution in [3.05, 3.63) is 0 Å². The van der Waals surface area contributed by atoms with E-state index in [-0.39, 0.29) is 18.6 Å². The van der Waals surface area contributed by atoms with Gasteiger partial charge in [0.15, 0.2) is 0 Å². The maximum atomic E-state index is 11.5. The van der Waals surface area contributed by atoms with Crippen molar-refractivity contribution < 1.29 is 14.3 Å². The number of carbonyl (C=O) groups is 2. The minimum absolute atomic E-state index is 0.0293. The van der Waals surface area contributed by atoms with Crippen molar-refractivity contribution in [1.82, 2.24) is 4.90 Å². The second-order valence-corrected chi connectivity index (χ2v) is 3.27. The van der Waals surface area contributed by atoms with Gasteiger partial charge in [0.2, 0.25) is 5.91 Å². The Morgan fingerprint density at radius 3 is 3.07 bits per heavy atom. The van der Waals surface area contributed by atoms with E-state index in [1.54, 1.807) is 4.90 Å². The molecule has 0 radical (unpaired) electrons. The van der Waals surface area contributed by atoms with Crippen molar-refractivity contribution in [2.45, 2.75) is 18.9 Å². The molecule has 1 fully saturated rings. The van der Waals surface area contributed by atoms with Crippen LogP contribution in [-0.4, -0.2) is 49.4 Å². The van der Waals surface area contributed by atoms with Gasteiger partial charge in [0.1, 0.15) is 12.9 Å². The molecule has 1 aliphatic rings. The summed E-state index contributed by atoms with van der Waals surface area (Å²) in [6, 6.07) is -0.246. The van der Waals surface area contributed by atoms with Gasteiger partial charge in [0.05, 0.1) is 12.6 Å². The Bertz CT molecular complexity index is 208. The monoisotopic (exact) mass is 200 g/mol. The van der Waals surface area contributed by atoms with Crippen molar-refractivity contribution in [3.8, 4) is 0 Å². The molecule has 0 aliphatic carbocycles. The Hall–Kier alpha value is -0.940. The summed E-state index contributed by atoms with van der Waals surface area (Å²) in [6.45, 7) is 1.48. The van der Waals surface area contributed by atoms with E-state index in [4.69, 9.17) is 10.5 Å². The highest BCUT2D eigenvalue weighted by Gasteiger charge is 2.27. The first-order valence-electron chi connectivity index (χ1n) is 4.82. The largest absolute Gasteiger partial charge is 0.370 e. The van der Waals surface area contributed by atoms with Crippen LogP contribution >= 0.6 is 0 Å². The molecule has 0 saturated carbocycles. The molecule has 0 unspecified atom stereocenters. The lowest BCUT2D eigenvalue weighted by atomic mass is 10.2. The van der Waals surface area contributed by atoms with Gasteiger partial charge in [-0.25, -0.2) is 0 Å². The molecule has 5 nitrogen and oxygen atoms in total. The van der Waals surface area contributed by atoms with Crippen LogP contribution in [0.3, 0.4) is 0 Å². The molecule has 1 aliphatic heterocycles. The average Bonchev–Trinajstić information content (AvgIpc) is 2.65. The molecular formula is C9H16N2O3. The molecule has 0 bridgehead atoms. The van der Waals surface area contributed by atoms with E-state index in [1.165, 1.54) is 0 Å². The zero-order valence-corrected chi connectivity index (χ0v) is 8.15. The fraction of sp³-hybridized carbons (Fsp3) is 0.778. The number of ether oxygens (including phenoxy) is 1. The van der Waals surface area contributed by atoms with Gasteiger partial charge in [-0.2, -0.15) is 0 Å². The highest BCUT2D eigenvalue weighted by atomic mass is 16.5. The van der Waals surface area contributed by atoms with Crippen LogP contribution in [0.1, 0.15) is 12.8 Å². The minimum Gasteiger partial charge on any atom is -0.370 e. The summed E-state index contributed by atoms with van der Waals surface area (Å²) < 4.78 is 5.02. The molecule has 0 spiro atoms. The summed E-state index contributed by atoms with van der Waals surface area (Å²) >= 11 is 0. The van der Waals surface area contributed by atoms with Gasteiger partial charge in [-0.15, -0.1) is 0 Å². The number of hydrogen-bond donors (Lipinski definition) is 1. The third-order valence-electron chi connectivity index (χ3n) is 2.26. The molecule has 0 aromatic carbocycles. The van der Waals surface area contributed by atoms with Crippen LogP contribution in [-0.2, 0) is 14.3 Å². The second-order valence-electron chi connectivity index (χ2n) is 3.27. The van der Waals surface area contributed by atoms with E-state index in [2.05, 4.69) is 0 Å². The van der Waals surface area contributed by atoms with Crippen LogP contribution in [0.15, 0.2) is 0 Å². The Balaban J connectivity index is 2.32. The lowest BCUT2D eigenvalue weighted by molar-refractivity contribution is -0.138. The van der Waals surface area contributed by atoms with E-state index in [9.17, 15) is 9.59 Å². The van der Waals surface area contributed by atoms with Crippen molar-refractivity contribution in [2.75, 3.05) is 26.3 Å². The van der Waals surface area contributed by atoms with Gasteiger partial charge in [0, 0.05) is 13.1 Å². The maximum absolute atomic E-state index is 11.5. The lowest BCUT2D eigenvalue weighted by Crippen LogP contribution is -2.39. The van der Waals surface area contributed by atoms with Crippen LogP contribution in [0.2, 0.25) is 0 Å². The molecule has 0 aromatic rings. The molecule has 0 aromatic heterocycles. The molecule has 1 amide bonds. The molecular weight excluding hydrogens is 184 g/mol. The van der Waals surface area contributed by atoms with Gasteiger partial charge >= 0.3 is 0 Å². The zero-order valence-electron chi connectivity index (χ0n) is 8.15. The molecule has 5 heteroatoms. The summed E-state index contributed by atoms with van der Waals surface area (Å²) in [4.78, 5) is 23.7. The van der Waals surface area contributed by atoms with Crippen LogP contribution in [0.5, 0.6) is 0 Å². The number of likely N-dealkylation sites (tertiary alicyclic amines) is 1. The van der Waals surface area contributed by atoms with Gasteiger partial charge in [-0.05, 0) is 12.8 Å². The summed E-state index contributed by atoms with van der Waals surface area (Å²) in [6.07, 6.45) is 2.49. The summed E-state index contributed by atoms with van der Waals surface area (Å²) in [7, 11) is 0. The third-order valence-corrected chi connectivity index (χ3v) is 2.26. The maximum Gasteiger partial charge on any atom is 0.249 e. The van der Waals surface area contributed by atoms with Crippen molar-refractivity contribution >= 4 is 12.2 Å². The number of nitrogens with two attached hydrogens (primary N) is 1. The van der Waals surface area contributed by atoms with Crippen molar-refractivity contribution in [2.24, 2.45) is 5.73 Å². The fourth-order valence-corrected chi connectivity index (χ4v) is 1.57. The SMILES string of the molecule is NCCOCC(=O)N1CCC[C@H]1C=O. The van der Waals surface area contributed by atoms with Crippen LogP contribution < -0.4 is 5.73 Å². The van der Waals surface area contributed by atoms with Gasteiger partial charge in [-0.1, -0.05) is 0 Å². The average molecular weight is 200 g/mol. The Labute approximate surface area is 83.2 Å². The highest BCUT2D eigenvalue weighted by Crippen LogP contribution is 2.15. The molecule has 1 atom stereocenters. The predicted molar refractivity (Wildman–Crippen MR) is 50.7 cm³/mol. The quantitative estimate of drug-likeness (QED) is 0.463. The van der Waals surface area contributed by atoms with E-state index in [0.717, 1.165) is 19.1 Å². The first-order chi connectivity index (χ1) is 6.79. The molecule has 1 heterocycles. The Morgan fingerprint density at radius 2 is 2.43 bits per heavy atom. The summed E-state index contributed by atoms with van der Waals surface area (Å²) in [5.41, 5.74) is 5.22. The number of nitrogens with zero attached hydrogens (tertiary/aromatic N) is 1. The standard InChI is InChI=1S/C9H16N2O3/c10-3-5-14-7-9(13)11-4-1-2-8(11)6-12/h6,8H,1-5,7,10H2/t8-/m0/s1. The smallest absolute Gasteiger partial charge is 0.249 e.